The maximum absolute atomic E-state index is 12.3. The topological polar surface area (TPSA) is 44.7 Å². The maximum Gasteiger partial charge on any atom is 0.326 e. The Morgan fingerprint density at radius 1 is 1.15 bits per heavy atom. The van der Waals surface area contributed by atoms with E-state index in [1.807, 2.05) is 24.3 Å². The molecule has 2 amide bonds. The van der Waals surface area contributed by atoms with Gasteiger partial charge in [0.15, 0.2) is 0 Å². The molecule has 0 radical (unpaired) electrons. The number of nitrogens with zero attached hydrogens (tertiary/aromatic N) is 2. The molecule has 1 aliphatic heterocycles. The Kier molecular flexibility index (Phi) is 3.39. The largest absolute Gasteiger partial charge is 0.326 e. The van der Waals surface area contributed by atoms with Gasteiger partial charge in [-0.1, -0.05) is 23.7 Å². The molecule has 100 valence electrons. The number of fused-ring (bicyclic) bond motifs is 1. The van der Waals surface area contributed by atoms with Crippen LogP contribution in [-0.2, 0) is 0 Å². The number of urea groups is 1. The van der Waals surface area contributed by atoms with Crippen molar-refractivity contribution in [2.45, 2.75) is 0 Å². The molecule has 0 aliphatic carbocycles. The summed E-state index contributed by atoms with van der Waals surface area (Å²) in [5.74, 6) is 0. The highest BCUT2D eigenvalue weighted by molar-refractivity contribution is 6.30. The minimum Gasteiger partial charge on any atom is -0.308 e. The fourth-order valence-corrected chi connectivity index (χ4v) is 2.16. The summed E-state index contributed by atoms with van der Waals surface area (Å²) in [7, 11) is 0. The molecule has 1 aliphatic rings. The van der Waals surface area contributed by atoms with Crippen LogP contribution in [0.15, 0.2) is 53.5 Å². The number of amides is 2. The van der Waals surface area contributed by atoms with Gasteiger partial charge >= 0.3 is 6.03 Å². The number of nitrogens with one attached hydrogen (secondary N) is 1. The summed E-state index contributed by atoms with van der Waals surface area (Å²) in [6.07, 6.45) is 1.73. The Morgan fingerprint density at radius 3 is 2.70 bits per heavy atom. The van der Waals surface area contributed by atoms with Gasteiger partial charge in [0.1, 0.15) is 0 Å². The molecule has 0 aromatic heterocycles. The van der Waals surface area contributed by atoms with E-state index >= 15 is 0 Å². The molecular formula is C15H12ClN3O. The first-order valence-corrected chi connectivity index (χ1v) is 6.57. The van der Waals surface area contributed by atoms with E-state index in [-0.39, 0.29) is 6.03 Å². The van der Waals surface area contributed by atoms with Gasteiger partial charge in [-0.15, -0.1) is 0 Å². The summed E-state index contributed by atoms with van der Waals surface area (Å²) in [5.41, 5.74) is 2.31. The van der Waals surface area contributed by atoms with Crippen molar-refractivity contribution in [1.82, 2.24) is 0 Å². The van der Waals surface area contributed by atoms with Crippen molar-refractivity contribution in [1.29, 1.82) is 0 Å². The molecular weight excluding hydrogens is 274 g/mol. The van der Waals surface area contributed by atoms with E-state index in [1.54, 1.807) is 35.4 Å². The summed E-state index contributed by atoms with van der Waals surface area (Å²) in [5, 5.41) is 3.48. The quantitative estimate of drug-likeness (QED) is 0.842. The molecule has 2 aromatic carbocycles. The average Bonchev–Trinajstić information content (AvgIpc) is 2.49. The van der Waals surface area contributed by atoms with E-state index in [0.29, 0.717) is 17.3 Å². The molecule has 0 bridgehead atoms. The van der Waals surface area contributed by atoms with E-state index in [2.05, 4.69) is 10.3 Å². The molecule has 4 nitrogen and oxygen atoms in total. The highest BCUT2D eigenvalue weighted by Gasteiger charge is 2.20. The highest BCUT2D eigenvalue weighted by atomic mass is 35.5. The van der Waals surface area contributed by atoms with Gasteiger partial charge in [-0.25, -0.2) is 4.79 Å². The molecule has 3 rings (SSSR count). The van der Waals surface area contributed by atoms with Crippen LogP contribution in [0, 0.1) is 0 Å². The predicted molar refractivity (Wildman–Crippen MR) is 82.4 cm³/mol. The fraction of sp³-hybridized carbons (Fsp3) is 0.0667. The number of aliphatic imine (C=N–C) groups is 1. The van der Waals surface area contributed by atoms with Gasteiger partial charge in [0.2, 0.25) is 0 Å². The molecule has 0 atom stereocenters. The van der Waals surface area contributed by atoms with Crippen LogP contribution in [0.25, 0.3) is 0 Å². The van der Waals surface area contributed by atoms with Crippen molar-refractivity contribution >= 4 is 40.9 Å². The van der Waals surface area contributed by atoms with E-state index in [4.69, 9.17) is 11.6 Å². The van der Waals surface area contributed by atoms with Crippen LogP contribution in [0.3, 0.4) is 0 Å². The number of carbonyl (C=O) groups is 1. The van der Waals surface area contributed by atoms with Crippen LogP contribution >= 0.6 is 11.6 Å². The fourth-order valence-electron chi connectivity index (χ4n) is 2.04. The number of carbonyl (C=O) groups excluding carboxylic acids is 1. The standard InChI is InChI=1S/C15H12ClN3O/c16-11-5-7-12(8-6-11)18-15(20)19-10-9-17-13-3-1-2-4-14(13)19/h1-9H,10H2,(H,18,20). The Balaban J connectivity index is 1.81. The smallest absolute Gasteiger partial charge is 0.308 e. The second-order valence-corrected chi connectivity index (χ2v) is 4.78. The number of anilines is 2. The first kappa shape index (κ1) is 12.7. The van der Waals surface area contributed by atoms with Crippen molar-refractivity contribution in [3.8, 4) is 0 Å². The van der Waals surface area contributed by atoms with Crippen LogP contribution in [0.1, 0.15) is 0 Å². The molecule has 5 heteroatoms. The summed E-state index contributed by atoms with van der Waals surface area (Å²) in [6, 6.07) is 14.4. The van der Waals surface area contributed by atoms with Crippen LogP contribution < -0.4 is 10.2 Å². The molecule has 1 heterocycles. The summed E-state index contributed by atoms with van der Waals surface area (Å²) >= 11 is 5.82. The first-order valence-electron chi connectivity index (χ1n) is 6.20. The van der Waals surface area contributed by atoms with Gasteiger partial charge in [0, 0.05) is 16.9 Å². The highest BCUT2D eigenvalue weighted by Crippen LogP contribution is 2.30. The first-order chi connectivity index (χ1) is 9.74. The van der Waals surface area contributed by atoms with E-state index < -0.39 is 0 Å². The molecule has 20 heavy (non-hydrogen) atoms. The second kappa shape index (κ2) is 5.35. The monoisotopic (exact) mass is 285 g/mol. The second-order valence-electron chi connectivity index (χ2n) is 4.35. The van der Waals surface area contributed by atoms with Gasteiger partial charge in [0.25, 0.3) is 0 Å². The van der Waals surface area contributed by atoms with Crippen LogP contribution in [0.2, 0.25) is 5.02 Å². The summed E-state index contributed by atoms with van der Waals surface area (Å²) in [4.78, 5) is 18.3. The number of para-hydroxylation sites is 2. The lowest BCUT2D eigenvalue weighted by Gasteiger charge is -2.25. The SMILES string of the molecule is O=C(Nc1ccc(Cl)cc1)N1CC=Nc2ccccc21. The zero-order chi connectivity index (χ0) is 13.9. The van der Waals surface area contributed by atoms with E-state index in [9.17, 15) is 4.79 Å². The van der Waals surface area contributed by atoms with Crippen molar-refractivity contribution in [2.75, 3.05) is 16.8 Å². The molecule has 0 saturated carbocycles. The number of hydrogen-bond acceptors (Lipinski definition) is 2. The Hall–Kier alpha value is -2.33. The number of hydrogen-bond donors (Lipinski definition) is 1. The van der Waals surface area contributed by atoms with Crippen molar-refractivity contribution < 1.29 is 4.79 Å². The minimum atomic E-state index is -0.189. The summed E-state index contributed by atoms with van der Waals surface area (Å²) in [6.45, 7) is 0.455. The number of halogens is 1. The average molecular weight is 286 g/mol. The molecule has 2 aromatic rings. The molecule has 0 saturated heterocycles. The summed E-state index contributed by atoms with van der Waals surface area (Å²) < 4.78 is 0. The van der Waals surface area contributed by atoms with Crippen LogP contribution in [0.4, 0.5) is 21.9 Å². The lowest BCUT2D eigenvalue weighted by molar-refractivity contribution is 0.257. The minimum absolute atomic E-state index is 0.189. The van der Waals surface area contributed by atoms with Crippen LogP contribution in [-0.4, -0.2) is 18.8 Å². The van der Waals surface area contributed by atoms with Crippen LogP contribution in [0.5, 0.6) is 0 Å². The Morgan fingerprint density at radius 2 is 1.90 bits per heavy atom. The van der Waals surface area contributed by atoms with E-state index in [0.717, 1.165) is 11.4 Å². The number of benzene rings is 2. The van der Waals surface area contributed by atoms with Crippen molar-refractivity contribution in [3.63, 3.8) is 0 Å². The lowest BCUT2D eigenvalue weighted by Crippen LogP contribution is -2.37. The molecule has 0 fully saturated rings. The van der Waals surface area contributed by atoms with E-state index in [1.165, 1.54) is 0 Å². The van der Waals surface area contributed by atoms with Gasteiger partial charge < -0.3 is 5.32 Å². The normalized spacial score (nSPS) is 12.9. The maximum atomic E-state index is 12.3. The number of rotatable bonds is 1. The zero-order valence-corrected chi connectivity index (χ0v) is 11.3. The lowest BCUT2D eigenvalue weighted by atomic mass is 10.2. The predicted octanol–water partition coefficient (Wildman–Crippen LogP) is 4.09. The van der Waals surface area contributed by atoms with Gasteiger partial charge in [-0.2, -0.15) is 0 Å². The Labute approximate surface area is 121 Å². The third-order valence-electron chi connectivity index (χ3n) is 3.01. The molecule has 0 unspecified atom stereocenters. The van der Waals surface area contributed by atoms with Gasteiger partial charge in [0.05, 0.1) is 17.9 Å². The molecule has 0 spiro atoms. The van der Waals surface area contributed by atoms with Gasteiger partial charge in [-0.05, 0) is 36.4 Å². The molecule has 1 N–H and O–H groups in total. The Bertz CT molecular complexity index is 667. The zero-order valence-electron chi connectivity index (χ0n) is 10.6. The third kappa shape index (κ3) is 2.51. The third-order valence-corrected chi connectivity index (χ3v) is 3.26. The van der Waals surface area contributed by atoms with Gasteiger partial charge in [-0.3, -0.25) is 9.89 Å². The van der Waals surface area contributed by atoms with Crippen molar-refractivity contribution in [2.24, 2.45) is 4.99 Å². The van der Waals surface area contributed by atoms with Crippen molar-refractivity contribution in [3.05, 3.63) is 53.6 Å².